The van der Waals surface area contributed by atoms with Gasteiger partial charge in [-0.05, 0) is 36.4 Å². The fourth-order valence-electron chi connectivity index (χ4n) is 3.21. The molecule has 174 valence electrons. The van der Waals surface area contributed by atoms with Crippen molar-refractivity contribution >= 4 is 11.8 Å². The molecule has 4 aromatic rings. The Kier molecular flexibility index (Phi) is 6.44. The fraction of sp³-hybridized carbons (Fsp3) is 0.130. The lowest BCUT2D eigenvalue weighted by Gasteiger charge is -2.09. The summed E-state index contributed by atoms with van der Waals surface area (Å²) in [6, 6.07) is 14.9. The van der Waals surface area contributed by atoms with Crippen molar-refractivity contribution in [2.45, 2.75) is 6.18 Å². The molecule has 0 spiro atoms. The van der Waals surface area contributed by atoms with Crippen molar-refractivity contribution in [1.82, 2.24) is 30.0 Å². The lowest BCUT2D eigenvalue weighted by atomic mass is 10.2. The number of aromatic nitrogens is 4. The van der Waals surface area contributed by atoms with Crippen LogP contribution >= 0.6 is 0 Å². The Balaban J connectivity index is 1.35. The summed E-state index contributed by atoms with van der Waals surface area (Å²) in [6.07, 6.45) is 1.27. The molecule has 0 saturated carbocycles. The molecule has 2 heterocycles. The van der Waals surface area contributed by atoms with Crippen LogP contribution in [0.5, 0.6) is 0 Å². The van der Waals surface area contributed by atoms with Gasteiger partial charge < -0.3 is 15.2 Å². The van der Waals surface area contributed by atoms with E-state index in [1.807, 2.05) is 0 Å². The van der Waals surface area contributed by atoms with Crippen molar-refractivity contribution < 1.29 is 22.8 Å². The summed E-state index contributed by atoms with van der Waals surface area (Å²) < 4.78 is 43.1. The maximum Gasteiger partial charge on any atom is 0.435 e. The number of imidazole rings is 1. The van der Waals surface area contributed by atoms with E-state index >= 15 is 0 Å². The van der Waals surface area contributed by atoms with Crippen LogP contribution in [0.25, 0.3) is 11.4 Å². The number of rotatable bonds is 7. The molecule has 2 amide bonds. The highest BCUT2D eigenvalue weighted by molar-refractivity contribution is 5.96. The summed E-state index contributed by atoms with van der Waals surface area (Å²) in [7, 11) is 0. The van der Waals surface area contributed by atoms with Gasteiger partial charge in [-0.1, -0.05) is 18.2 Å². The minimum absolute atomic E-state index is 0.0298. The van der Waals surface area contributed by atoms with Crippen LogP contribution < -0.4 is 10.6 Å². The molecule has 11 heteroatoms. The molecule has 0 bridgehead atoms. The van der Waals surface area contributed by atoms with Crippen LogP contribution in [0.1, 0.15) is 26.4 Å². The Bertz CT molecular complexity index is 1270. The smallest absolute Gasteiger partial charge is 0.350 e. The van der Waals surface area contributed by atoms with Gasteiger partial charge in [0.2, 0.25) is 0 Å². The number of hydrogen-bond acceptors (Lipinski definition) is 4. The Hall–Kier alpha value is -4.41. The Morgan fingerprint density at radius 2 is 1.56 bits per heavy atom. The molecule has 0 aliphatic carbocycles. The molecule has 0 atom stereocenters. The van der Waals surface area contributed by atoms with E-state index in [1.165, 1.54) is 0 Å². The van der Waals surface area contributed by atoms with Gasteiger partial charge in [0.1, 0.15) is 0 Å². The van der Waals surface area contributed by atoms with Gasteiger partial charge >= 0.3 is 6.18 Å². The largest absolute Gasteiger partial charge is 0.435 e. The van der Waals surface area contributed by atoms with Crippen molar-refractivity contribution in [3.63, 3.8) is 0 Å². The second-order valence-electron chi connectivity index (χ2n) is 7.20. The highest BCUT2D eigenvalue weighted by Crippen LogP contribution is 2.31. The van der Waals surface area contributed by atoms with Gasteiger partial charge in [-0.3, -0.25) is 9.59 Å². The van der Waals surface area contributed by atoms with Crippen LogP contribution in [-0.4, -0.2) is 44.2 Å². The fourth-order valence-corrected chi connectivity index (χ4v) is 3.21. The average molecular weight is 468 g/mol. The molecule has 4 rings (SSSR count). The molecule has 0 radical (unpaired) electrons. The highest BCUT2D eigenvalue weighted by Gasteiger charge is 2.39. The van der Waals surface area contributed by atoms with Crippen LogP contribution in [0.4, 0.5) is 13.2 Å². The lowest BCUT2D eigenvalue weighted by Crippen LogP contribution is -2.35. The van der Waals surface area contributed by atoms with Crippen molar-refractivity contribution in [3.05, 3.63) is 96.3 Å². The number of carbonyl (C=O) groups is 2. The number of carbonyl (C=O) groups excluding carboxylic acids is 2. The predicted molar refractivity (Wildman–Crippen MR) is 117 cm³/mol. The normalized spacial score (nSPS) is 11.3. The third-order valence-electron chi connectivity index (χ3n) is 4.88. The number of amides is 2. The van der Waals surface area contributed by atoms with E-state index in [-0.39, 0.29) is 19.0 Å². The third kappa shape index (κ3) is 5.14. The van der Waals surface area contributed by atoms with Crippen LogP contribution in [0, 0.1) is 0 Å². The molecule has 8 nitrogen and oxygen atoms in total. The zero-order chi connectivity index (χ0) is 24.1. The maximum atomic E-state index is 13.4. The topological polar surface area (TPSA) is 93.8 Å². The van der Waals surface area contributed by atoms with E-state index in [2.05, 4.69) is 20.7 Å². The molecular formula is C23H19F3N6O2. The molecule has 0 aliphatic rings. The third-order valence-corrected chi connectivity index (χ3v) is 4.88. The lowest BCUT2D eigenvalue weighted by molar-refractivity contribution is -0.141. The molecular weight excluding hydrogens is 449 g/mol. The molecule has 0 fully saturated rings. The van der Waals surface area contributed by atoms with Crippen LogP contribution in [0.3, 0.4) is 0 Å². The number of hydrogen-bond donors (Lipinski definition) is 2. The predicted octanol–water partition coefficient (Wildman–Crippen LogP) is 3.24. The first-order valence-electron chi connectivity index (χ1n) is 10.2. The van der Waals surface area contributed by atoms with Crippen molar-refractivity contribution in [2.24, 2.45) is 0 Å². The maximum absolute atomic E-state index is 13.4. The van der Waals surface area contributed by atoms with Crippen LogP contribution in [0.2, 0.25) is 0 Å². The van der Waals surface area contributed by atoms with Crippen molar-refractivity contribution in [3.8, 4) is 11.4 Å². The zero-order valence-electron chi connectivity index (χ0n) is 17.7. The summed E-state index contributed by atoms with van der Waals surface area (Å²) in [5.74, 6) is -1.31. The summed E-state index contributed by atoms with van der Waals surface area (Å²) >= 11 is 0. The molecule has 2 aromatic carbocycles. The van der Waals surface area contributed by atoms with Gasteiger partial charge in [-0.2, -0.15) is 18.3 Å². The molecule has 0 unspecified atom stereocenters. The minimum atomic E-state index is -4.80. The second-order valence-corrected chi connectivity index (χ2v) is 7.20. The molecule has 0 aliphatic heterocycles. The second kappa shape index (κ2) is 9.61. The van der Waals surface area contributed by atoms with E-state index < -0.39 is 23.3 Å². The zero-order valence-corrected chi connectivity index (χ0v) is 17.7. The van der Waals surface area contributed by atoms with E-state index in [0.717, 1.165) is 16.6 Å². The van der Waals surface area contributed by atoms with Crippen LogP contribution in [-0.2, 0) is 6.18 Å². The molecule has 34 heavy (non-hydrogen) atoms. The summed E-state index contributed by atoms with van der Waals surface area (Å²) in [4.78, 5) is 28.7. The van der Waals surface area contributed by atoms with E-state index in [9.17, 15) is 22.8 Å². The van der Waals surface area contributed by atoms with E-state index in [0.29, 0.717) is 11.3 Å². The monoisotopic (exact) mass is 468 g/mol. The number of alkyl halides is 3. The standard InChI is InChI=1S/C23H19F3N6O2/c24-23(25,26)20-19(14-32(30-20)18-4-2-1-3-5-18)22(34)29-11-10-28-21(33)16-6-8-17(9-7-16)31-13-12-27-15-31/h1-9,12-15H,10-11H2,(H,28,33)(H,29,34). The Morgan fingerprint density at radius 1 is 0.882 bits per heavy atom. The minimum Gasteiger partial charge on any atom is -0.350 e. The quantitative estimate of drug-likeness (QED) is 0.407. The average Bonchev–Trinajstić information content (AvgIpc) is 3.53. The first kappa shape index (κ1) is 22.8. The first-order valence-corrected chi connectivity index (χ1v) is 10.2. The van der Waals surface area contributed by atoms with Crippen molar-refractivity contribution in [1.29, 1.82) is 0 Å². The van der Waals surface area contributed by atoms with Gasteiger partial charge in [0, 0.05) is 42.9 Å². The summed E-state index contributed by atoms with van der Waals surface area (Å²) in [6.45, 7) is -0.0342. The molecule has 0 saturated heterocycles. The number of nitrogens with one attached hydrogen (secondary N) is 2. The number of para-hydroxylation sites is 1. The Morgan fingerprint density at radius 3 is 2.18 bits per heavy atom. The van der Waals surface area contributed by atoms with Gasteiger partial charge in [0.05, 0.1) is 17.6 Å². The van der Waals surface area contributed by atoms with Gasteiger partial charge in [-0.25, -0.2) is 9.67 Å². The Labute approximate surface area is 192 Å². The number of nitrogens with zero attached hydrogens (tertiary/aromatic N) is 4. The highest BCUT2D eigenvalue weighted by atomic mass is 19.4. The summed E-state index contributed by atoms with van der Waals surface area (Å²) in [5, 5.41) is 8.56. The van der Waals surface area contributed by atoms with Crippen LogP contribution in [0.15, 0.2) is 79.5 Å². The summed E-state index contributed by atoms with van der Waals surface area (Å²) in [5.41, 5.74) is -0.261. The van der Waals surface area contributed by atoms with E-state index in [1.54, 1.807) is 77.9 Å². The molecule has 2 aromatic heterocycles. The SMILES string of the molecule is O=C(NCCNC(=O)c1cn(-c2ccccc2)nc1C(F)(F)F)c1ccc(-n2ccnc2)cc1. The number of halogens is 3. The molecule has 2 N–H and O–H groups in total. The van der Waals surface area contributed by atoms with Gasteiger partial charge in [0.15, 0.2) is 5.69 Å². The van der Waals surface area contributed by atoms with E-state index in [4.69, 9.17) is 0 Å². The number of benzene rings is 2. The van der Waals surface area contributed by atoms with Gasteiger partial charge in [0.25, 0.3) is 11.8 Å². The first-order chi connectivity index (χ1) is 16.3. The van der Waals surface area contributed by atoms with Crippen molar-refractivity contribution in [2.75, 3.05) is 13.1 Å². The van der Waals surface area contributed by atoms with Gasteiger partial charge in [-0.15, -0.1) is 0 Å².